The Morgan fingerprint density at radius 3 is 2.57 bits per heavy atom. The second-order valence-corrected chi connectivity index (χ2v) is 7.99. The van der Waals surface area contributed by atoms with Crippen molar-refractivity contribution in [3.05, 3.63) is 46.6 Å². The Hall–Kier alpha value is -1.61. The monoisotopic (exact) mass is 296 g/mol. The number of rotatable bonds is 1. The number of hydrogen-bond acceptors (Lipinski definition) is 2. The molecule has 0 saturated carbocycles. The van der Waals surface area contributed by atoms with Gasteiger partial charge in [-0.1, -0.05) is 45.0 Å². The van der Waals surface area contributed by atoms with E-state index in [0.717, 1.165) is 10.7 Å². The van der Waals surface area contributed by atoms with E-state index in [4.69, 9.17) is 4.98 Å². The largest absolute Gasteiger partial charge is 0.294 e. The van der Waals surface area contributed by atoms with Crippen molar-refractivity contribution in [2.75, 3.05) is 0 Å². The lowest BCUT2D eigenvalue weighted by molar-refractivity contribution is 0.590. The molecule has 4 rings (SSSR count). The Bertz CT molecular complexity index is 800. The zero-order valence-corrected chi connectivity index (χ0v) is 13.6. The van der Waals surface area contributed by atoms with Crippen molar-refractivity contribution in [1.82, 2.24) is 9.38 Å². The molecule has 108 valence electrons. The normalized spacial score (nSPS) is 14.8. The summed E-state index contributed by atoms with van der Waals surface area (Å²) in [4.78, 5) is 7.50. The van der Waals surface area contributed by atoms with Gasteiger partial charge < -0.3 is 0 Å². The first-order chi connectivity index (χ1) is 10.0. The summed E-state index contributed by atoms with van der Waals surface area (Å²) in [5.41, 5.74) is 5.36. The third-order valence-electron chi connectivity index (χ3n) is 4.36. The average Bonchev–Trinajstić information content (AvgIpc) is 3.08. The summed E-state index contributed by atoms with van der Waals surface area (Å²) >= 11 is 1.86. The molecule has 2 heterocycles. The van der Waals surface area contributed by atoms with Gasteiger partial charge in [0.15, 0.2) is 4.96 Å². The van der Waals surface area contributed by atoms with E-state index in [1.165, 1.54) is 41.0 Å². The minimum Gasteiger partial charge on any atom is -0.294 e. The Labute approximate surface area is 129 Å². The number of imidazole rings is 1. The van der Waals surface area contributed by atoms with Crippen LogP contribution in [0, 0.1) is 0 Å². The molecule has 1 aliphatic rings. The fourth-order valence-electron chi connectivity index (χ4n) is 3.08. The van der Waals surface area contributed by atoms with Gasteiger partial charge in [-0.2, -0.15) is 0 Å². The zero-order chi connectivity index (χ0) is 14.6. The summed E-state index contributed by atoms with van der Waals surface area (Å²) in [6, 6.07) is 8.86. The van der Waals surface area contributed by atoms with E-state index in [9.17, 15) is 0 Å². The Kier molecular flexibility index (Phi) is 2.77. The van der Waals surface area contributed by atoms with Crippen LogP contribution in [0.25, 0.3) is 16.2 Å². The highest BCUT2D eigenvalue weighted by atomic mass is 32.1. The van der Waals surface area contributed by atoms with Gasteiger partial charge in [0.1, 0.15) is 0 Å². The minimum atomic E-state index is 0.202. The topological polar surface area (TPSA) is 17.3 Å². The van der Waals surface area contributed by atoms with E-state index in [-0.39, 0.29) is 5.41 Å². The lowest BCUT2D eigenvalue weighted by atomic mass is 9.86. The number of nitrogens with zero attached hydrogens (tertiary/aromatic N) is 2. The molecule has 0 fully saturated rings. The number of thiazole rings is 1. The lowest BCUT2D eigenvalue weighted by Gasteiger charge is -2.18. The van der Waals surface area contributed by atoms with Gasteiger partial charge in [-0.25, -0.2) is 4.98 Å². The molecular weight excluding hydrogens is 276 g/mol. The van der Waals surface area contributed by atoms with Gasteiger partial charge in [0, 0.05) is 22.3 Å². The average molecular weight is 296 g/mol. The van der Waals surface area contributed by atoms with Crippen molar-refractivity contribution in [2.24, 2.45) is 0 Å². The summed E-state index contributed by atoms with van der Waals surface area (Å²) in [5, 5.41) is 0. The summed E-state index contributed by atoms with van der Waals surface area (Å²) in [6.07, 6.45) is 5.94. The first-order valence-electron chi connectivity index (χ1n) is 7.63. The Balaban J connectivity index is 1.74. The molecule has 2 aromatic heterocycles. The van der Waals surface area contributed by atoms with Crippen molar-refractivity contribution in [2.45, 2.75) is 45.4 Å². The fraction of sp³-hybridized carbons (Fsp3) is 0.389. The predicted octanol–water partition coefficient (Wildman–Crippen LogP) is 4.85. The summed E-state index contributed by atoms with van der Waals surface area (Å²) in [6.45, 7) is 6.74. The molecular formula is C18H20N2S. The second kappa shape index (κ2) is 4.44. The van der Waals surface area contributed by atoms with Crippen LogP contribution in [-0.2, 0) is 18.3 Å². The molecule has 1 aliphatic carbocycles. The minimum absolute atomic E-state index is 0.202. The van der Waals surface area contributed by atoms with Crippen LogP contribution in [0.5, 0.6) is 0 Å². The molecule has 0 spiro atoms. The van der Waals surface area contributed by atoms with Crippen molar-refractivity contribution in [3.63, 3.8) is 0 Å². The highest BCUT2D eigenvalue weighted by molar-refractivity contribution is 7.17. The molecule has 3 aromatic rings. The summed E-state index contributed by atoms with van der Waals surface area (Å²) in [7, 11) is 0. The number of aryl methyl sites for hydroxylation is 2. The smallest absolute Gasteiger partial charge is 0.194 e. The van der Waals surface area contributed by atoms with E-state index >= 15 is 0 Å². The molecule has 0 saturated heterocycles. The van der Waals surface area contributed by atoms with Crippen LogP contribution in [0.15, 0.2) is 30.5 Å². The Morgan fingerprint density at radius 1 is 1.10 bits per heavy atom. The Morgan fingerprint density at radius 2 is 1.86 bits per heavy atom. The summed E-state index contributed by atoms with van der Waals surface area (Å²) < 4.78 is 2.31. The van der Waals surface area contributed by atoms with Crippen LogP contribution < -0.4 is 0 Å². The van der Waals surface area contributed by atoms with Gasteiger partial charge in [0.25, 0.3) is 0 Å². The number of hydrogen-bond donors (Lipinski definition) is 0. The van der Waals surface area contributed by atoms with Crippen LogP contribution in [-0.4, -0.2) is 9.38 Å². The van der Waals surface area contributed by atoms with Crippen LogP contribution in [0.2, 0.25) is 0 Å². The quantitative estimate of drug-likeness (QED) is 0.627. The molecule has 0 bridgehead atoms. The van der Waals surface area contributed by atoms with Gasteiger partial charge in [0.2, 0.25) is 0 Å². The second-order valence-electron chi connectivity index (χ2n) is 6.93. The van der Waals surface area contributed by atoms with E-state index in [0.29, 0.717) is 0 Å². The standard InChI is InChI=1S/C18H20N2S/c1-18(2,3)13-9-7-12(8-10-13)14-11-20-15-5-4-6-16(15)21-17(20)19-14/h7-11H,4-6H2,1-3H3. The zero-order valence-electron chi connectivity index (χ0n) is 12.8. The maximum Gasteiger partial charge on any atom is 0.194 e. The van der Waals surface area contributed by atoms with Crippen LogP contribution in [0.1, 0.15) is 43.3 Å². The first-order valence-corrected chi connectivity index (χ1v) is 8.44. The molecule has 1 aromatic carbocycles. The van der Waals surface area contributed by atoms with E-state index in [1.54, 1.807) is 0 Å². The number of aromatic nitrogens is 2. The predicted molar refractivity (Wildman–Crippen MR) is 89.2 cm³/mol. The van der Waals surface area contributed by atoms with Crippen LogP contribution in [0.4, 0.5) is 0 Å². The maximum atomic E-state index is 4.82. The fourth-order valence-corrected chi connectivity index (χ4v) is 4.27. The number of fused-ring (bicyclic) bond motifs is 3. The lowest BCUT2D eigenvalue weighted by Crippen LogP contribution is -2.10. The molecule has 0 radical (unpaired) electrons. The van der Waals surface area contributed by atoms with E-state index in [2.05, 4.69) is 55.6 Å². The summed E-state index contributed by atoms with van der Waals surface area (Å²) in [5.74, 6) is 0. The molecule has 0 amide bonds. The van der Waals surface area contributed by atoms with Gasteiger partial charge in [-0.15, -0.1) is 11.3 Å². The van der Waals surface area contributed by atoms with Crippen LogP contribution in [0.3, 0.4) is 0 Å². The van der Waals surface area contributed by atoms with Gasteiger partial charge >= 0.3 is 0 Å². The van der Waals surface area contributed by atoms with Crippen molar-refractivity contribution >= 4 is 16.3 Å². The van der Waals surface area contributed by atoms with Crippen molar-refractivity contribution < 1.29 is 0 Å². The third kappa shape index (κ3) is 2.11. The highest BCUT2D eigenvalue weighted by Gasteiger charge is 2.20. The molecule has 0 atom stereocenters. The first kappa shape index (κ1) is 13.1. The van der Waals surface area contributed by atoms with E-state index < -0.39 is 0 Å². The molecule has 2 nitrogen and oxygen atoms in total. The molecule has 3 heteroatoms. The molecule has 0 aliphatic heterocycles. The van der Waals surface area contributed by atoms with Gasteiger partial charge in [0.05, 0.1) is 5.69 Å². The number of benzene rings is 1. The highest BCUT2D eigenvalue weighted by Crippen LogP contribution is 2.33. The SMILES string of the molecule is CC(C)(C)c1ccc(-c2cn3c4c(sc3n2)CCC4)cc1. The molecule has 0 unspecified atom stereocenters. The van der Waals surface area contributed by atoms with Crippen molar-refractivity contribution in [3.8, 4) is 11.3 Å². The third-order valence-corrected chi connectivity index (χ3v) is 5.52. The van der Waals surface area contributed by atoms with Gasteiger partial charge in [-0.05, 0) is 30.2 Å². The van der Waals surface area contributed by atoms with Crippen molar-refractivity contribution in [1.29, 1.82) is 0 Å². The molecule has 0 N–H and O–H groups in total. The maximum absolute atomic E-state index is 4.82. The molecule has 21 heavy (non-hydrogen) atoms. The van der Waals surface area contributed by atoms with E-state index in [1.807, 2.05) is 11.3 Å². The van der Waals surface area contributed by atoms with Crippen LogP contribution >= 0.6 is 11.3 Å². The van der Waals surface area contributed by atoms with Gasteiger partial charge in [-0.3, -0.25) is 4.40 Å².